The molecule has 0 saturated heterocycles. The van der Waals surface area contributed by atoms with Gasteiger partial charge in [0, 0.05) is 17.8 Å². The first-order valence-electron chi connectivity index (χ1n) is 9.49. The molecule has 1 aliphatic rings. The van der Waals surface area contributed by atoms with Gasteiger partial charge in [-0.3, -0.25) is 9.59 Å². The Balaban J connectivity index is 2.63. The second-order valence-corrected chi connectivity index (χ2v) is 7.81. The Morgan fingerprint density at radius 1 is 1.28 bits per heavy atom. The van der Waals surface area contributed by atoms with Crippen molar-refractivity contribution in [3.63, 3.8) is 0 Å². The number of Topliss-reactive ketones (excluding diaryl/α,β-unsaturated/α-hetero) is 1. The molecule has 3 N–H and O–H groups in total. The van der Waals surface area contributed by atoms with E-state index in [1.165, 1.54) is 0 Å². The van der Waals surface area contributed by atoms with Crippen molar-refractivity contribution in [2.24, 2.45) is 17.3 Å². The lowest BCUT2D eigenvalue weighted by Crippen LogP contribution is -2.32. The largest absolute Gasteiger partial charge is 0.481 e. The highest BCUT2D eigenvalue weighted by Gasteiger charge is 2.53. The molecule has 0 radical (unpaired) electrons. The van der Waals surface area contributed by atoms with Crippen LogP contribution in [0.4, 0.5) is 0 Å². The molecule has 25 heavy (non-hydrogen) atoms. The highest BCUT2D eigenvalue weighted by atomic mass is 16.4. The molecule has 0 bridgehead atoms. The van der Waals surface area contributed by atoms with Crippen LogP contribution in [-0.4, -0.2) is 39.3 Å². The SMILES string of the molecule is CCC[C@H](O)CC[C@@H]1[C@@H](C/C=C\CCCC(=O)O)C(=O)C(C)(C)[C@H]1O. The predicted octanol–water partition coefficient (Wildman–Crippen LogP) is 3.33. The lowest BCUT2D eigenvalue weighted by molar-refractivity contribution is -0.137. The molecule has 0 aromatic carbocycles. The minimum atomic E-state index is -0.796. The maximum absolute atomic E-state index is 12.7. The van der Waals surface area contributed by atoms with Crippen LogP contribution < -0.4 is 0 Å². The summed E-state index contributed by atoms with van der Waals surface area (Å²) in [4.78, 5) is 23.2. The average molecular weight is 354 g/mol. The number of ketones is 1. The molecule has 0 spiro atoms. The van der Waals surface area contributed by atoms with E-state index in [-0.39, 0.29) is 30.1 Å². The summed E-state index contributed by atoms with van der Waals surface area (Å²) < 4.78 is 0. The van der Waals surface area contributed by atoms with Crippen molar-refractivity contribution >= 4 is 11.8 Å². The van der Waals surface area contributed by atoms with Gasteiger partial charge in [0.05, 0.1) is 12.2 Å². The van der Waals surface area contributed by atoms with Crippen LogP contribution in [0.1, 0.15) is 72.1 Å². The number of aliphatic hydroxyl groups is 2. The third kappa shape index (κ3) is 6.23. The predicted molar refractivity (Wildman–Crippen MR) is 97.2 cm³/mol. The number of allylic oxidation sites excluding steroid dienone is 2. The van der Waals surface area contributed by atoms with E-state index >= 15 is 0 Å². The second-order valence-electron chi connectivity index (χ2n) is 7.81. The monoisotopic (exact) mass is 354 g/mol. The topological polar surface area (TPSA) is 94.8 Å². The van der Waals surface area contributed by atoms with Gasteiger partial charge in [-0.1, -0.05) is 39.3 Å². The Morgan fingerprint density at radius 2 is 1.96 bits per heavy atom. The van der Waals surface area contributed by atoms with Crippen molar-refractivity contribution in [3.05, 3.63) is 12.2 Å². The summed E-state index contributed by atoms with van der Waals surface area (Å²) in [6.07, 6.45) is 7.72. The van der Waals surface area contributed by atoms with Gasteiger partial charge in [-0.2, -0.15) is 0 Å². The number of carbonyl (C=O) groups excluding carboxylic acids is 1. The normalized spacial score (nSPS) is 27.1. The molecule has 1 rings (SSSR count). The molecule has 1 fully saturated rings. The van der Waals surface area contributed by atoms with Crippen molar-refractivity contribution in [1.82, 2.24) is 0 Å². The van der Waals surface area contributed by atoms with Crippen LogP contribution in [0.5, 0.6) is 0 Å². The maximum Gasteiger partial charge on any atom is 0.303 e. The lowest BCUT2D eigenvalue weighted by atomic mass is 9.85. The van der Waals surface area contributed by atoms with E-state index in [9.17, 15) is 19.8 Å². The third-order valence-corrected chi connectivity index (χ3v) is 5.41. The van der Waals surface area contributed by atoms with Gasteiger partial charge >= 0.3 is 5.97 Å². The number of carboxylic acids is 1. The van der Waals surface area contributed by atoms with Gasteiger partial charge in [0.25, 0.3) is 0 Å². The molecule has 4 atom stereocenters. The van der Waals surface area contributed by atoms with E-state index in [0.717, 1.165) is 12.8 Å². The van der Waals surface area contributed by atoms with Gasteiger partial charge in [0.15, 0.2) is 0 Å². The minimum Gasteiger partial charge on any atom is -0.481 e. The zero-order valence-corrected chi connectivity index (χ0v) is 15.8. The molecule has 1 saturated carbocycles. The van der Waals surface area contributed by atoms with Crippen molar-refractivity contribution in [2.45, 2.75) is 84.3 Å². The van der Waals surface area contributed by atoms with Gasteiger partial charge in [-0.15, -0.1) is 0 Å². The molecule has 0 aromatic heterocycles. The second kappa shape index (κ2) is 10.1. The number of unbranched alkanes of at least 4 members (excludes halogenated alkanes) is 1. The van der Waals surface area contributed by atoms with Gasteiger partial charge < -0.3 is 15.3 Å². The number of carboxylic acid groups (broad SMARTS) is 1. The zero-order valence-electron chi connectivity index (χ0n) is 15.8. The van der Waals surface area contributed by atoms with Gasteiger partial charge in [-0.05, 0) is 44.4 Å². The quantitative estimate of drug-likeness (QED) is 0.391. The summed E-state index contributed by atoms with van der Waals surface area (Å²) in [6.45, 7) is 5.62. The Morgan fingerprint density at radius 3 is 2.56 bits per heavy atom. The van der Waals surface area contributed by atoms with Crippen LogP contribution in [0.3, 0.4) is 0 Å². The Kier molecular flexibility index (Phi) is 8.80. The molecule has 144 valence electrons. The molecular formula is C20H34O5. The smallest absolute Gasteiger partial charge is 0.303 e. The summed E-state index contributed by atoms with van der Waals surface area (Å²) in [5, 5.41) is 29.2. The molecule has 0 heterocycles. The number of rotatable bonds is 11. The van der Waals surface area contributed by atoms with Crippen molar-refractivity contribution in [3.8, 4) is 0 Å². The van der Waals surface area contributed by atoms with E-state index in [0.29, 0.717) is 32.1 Å². The summed E-state index contributed by atoms with van der Waals surface area (Å²) in [7, 11) is 0. The lowest BCUT2D eigenvalue weighted by Gasteiger charge is -2.25. The van der Waals surface area contributed by atoms with Gasteiger partial charge in [0.1, 0.15) is 5.78 Å². The minimum absolute atomic E-state index is 0.0881. The number of hydrogen-bond donors (Lipinski definition) is 3. The molecule has 0 amide bonds. The fourth-order valence-electron chi connectivity index (χ4n) is 3.81. The standard InChI is InChI=1S/C20H34O5/c1-4-9-14(21)12-13-16-15(18(24)20(2,3)19(16)25)10-7-5-6-8-11-17(22)23/h5,7,14-16,19,21,25H,4,6,8-13H2,1-3H3,(H,22,23)/b7-5-/t14-,15+,16+,19-/m0/s1. The first kappa shape index (κ1) is 21.8. The molecule has 0 aliphatic heterocycles. The average Bonchev–Trinajstić information content (AvgIpc) is 2.69. The Labute approximate surface area is 151 Å². The van der Waals surface area contributed by atoms with Crippen LogP contribution in [0.15, 0.2) is 12.2 Å². The summed E-state index contributed by atoms with van der Waals surface area (Å²) in [5.74, 6) is -1.06. The maximum atomic E-state index is 12.7. The van der Waals surface area contributed by atoms with Crippen molar-refractivity contribution < 1.29 is 24.9 Å². The van der Waals surface area contributed by atoms with E-state index in [2.05, 4.69) is 0 Å². The van der Waals surface area contributed by atoms with Crippen molar-refractivity contribution in [1.29, 1.82) is 0 Å². The zero-order chi connectivity index (χ0) is 19.0. The van der Waals surface area contributed by atoms with Crippen LogP contribution >= 0.6 is 0 Å². The molecule has 0 aromatic rings. The highest BCUT2D eigenvalue weighted by Crippen LogP contribution is 2.46. The van der Waals surface area contributed by atoms with Crippen LogP contribution in [0.25, 0.3) is 0 Å². The van der Waals surface area contributed by atoms with Gasteiger partial charge in [0.2, 0.25) is 0 Å². The first-order valence-corrected chi connectivity index (χ1v) is 9.49. The summed E-state index contributed by atoms with van der Waals surface area (Å²) >= 11 is 0. The van der Waals surface area contributed by atoms with E-state index < -0.39 is 17.5 Å². The molecule has 1 aliphatic carbocycles. The molecule has 5 nitrogen and oxygen atoms in total. The van der Waals surface area contributed by atoms with E-state index in [1.54, 1.807) is 13.8 Å². The highest BCUT2D eigenvalue weighted by molar-refractivity contribution is 5.90. The number of aliphatic hydroxyl groups excluding tert-OH is 2. The molecule has 0 unspecified atom stereocenters. The van der Waals surface area contributed by atoms with Crippen LogP contribution in [0.2, 0.25) is 0 Å². The summed E-state index contributed by atoms with van der Waals surface area (Å²) in [6, 6.07) is 0. The van der Waals surface area contributed by atoms with Crippen LogP contribution in [0, 0.1) is 17.3 Å². The fraction of sp³-hybridized carbons (Fsp3) is 0.800. The van der Waals surface area contributed by atoms with E-state index in [4.69, 9.17) is 5.11 Å². The fourth-order valence-corrected chi connectivity index (χ4v) is 3.81. The van der Waals surface area contributed by atoms with Crippen LogP contribution in [-0.2, 0) is 9.59 Å². The first-order chi connectivity index (χ1) is 11.7. The number of carbonyl (C=O) groups is 2. The van der Waals surface area contributed by atoms with Crippen molar-refractivity contribution in [2.75, 3.05) is 0 Å². The third-order valence-electron chi connectivity index (χ3n) is 5.41. The van der Waals surface area contributed by atoms with E-state index in [1.807, 2.05) is 19.1 Å². The molecule has 5 heteroatoms. The van der Waals surface area contributed by atoms with Gasteiger partial charge in [-0.25, -0.2) is 0 Å². The number of aliphatic carboxylic acids is 1. The number of hydrogen-bond acceptors (Lipinski definition) is 4. The Bertz CT molecular complexity index is 469. The summed E-state index contributed by atoms with van der Waals surface area (Å²) in [5.41, 5.74) is -0.748. The molecular weight excluding hydrogens is 320 g/mol. The Hall–Kier alpha value is -1.20.